The molecule has 0 saturated carbocycles. The van der Waals surface area contributed by atoms with Crippen LogP contribution in [0.25, 0.3) is 10.9 Å². The Balaban J connectivity index is 1.98. The lowest BCUT2D eigenvalue weighted by molar-refractivity contribution is 0.0527. The highest BCUT2D eigenvalue weighted by molar-refractivity contribution is 9.10. The van der Waals surface area contributed by atoms with Gasteiger partial charge in [-0.15, -0.1) is 0 Å². The first-order chi connectivity index (χ1) is 10.2. The van der Waals surface area contributed by atoms with Crippen molar-refractivity contribution in [3.05, 3.63) is 28.9 Å². The third kappa shape index (κ3) is 2.99. The van der Waals surface area contributed by atoms with Crippen LogP contribution >= 0.6 is 15.9 Å². The first kappa shape index (κ1) is 14.6. The highest BCUT2D eigenvalue weighted by Gasteiger charge is 2.22. The fourth-order valence-electron chi connectivity index (χ4n) is 2.98. The maximum absolute atomic E-state index is 6.09. The van der Waals surface area contributed by atoms with Gasteiger partial charge >= 0.3 is 0 Å². The Kier molecular flexibility index (Phi) is 4.31. The van der Waals surface area contributed by atoms with E-state index >= 15 is 0 Å². The molecule has 1 saturated heterocycles. The fourth-order valence-corrected chi connectivity index (χ4v) is 3.32. The molecule has 0 radical (unpaired) electrons. The molecule has 0 bridgehead atoms. The van der Waals surface area contributed by atoms with Gasteiger partial charge in [0.1, 0.15) is 0 Å². The topological polar surface area (TPSA) is 51.4 Å². The van der Waals surface area contributed by atoms with Gasteiger partial charge in [-0.3, -0.25) is 4.98 Å². The van der Waals surface area contributed by atoms with Crippen LogP contribution in [0.15, 0.2) is 28.9 Å². The van der Waals surface area contributed by atoms with E-state index in [-0.39, 0.29) is 0 Å². The second-order valence-corrected chi connectivity index (χ2v) is 6.30. The van der Waals surface area contributed by atoms with Gasteiger partial charge in [-0.2, -0.15) is 0 Å². The Morgan fingerprint density at radius 1 is 1.48 bits per heavy atom. The van der Waals surface area contributed by atoms with Crippen molar-refractivity contribution in [3.63, 3.8) is 0 Å². The van der Waals surface area contributed by atoms with Crippen LogP contribution in [0.3, 0.4) is 0 Å². The van der Waals surface area contributed by atoms with Gasteiger partial charge in [0.15, 0.2) is 0 Å². The lowest BCUT2D eigenvalue weighted by Crippen LogP contribution is -2.39. The molecule has 1 aliphatic rings. The SMILES string of the molecule is CCOC1CCCN(c2ccc(N)c3cc(Br)cnc23)C1. The van der Waals surface area contributed by atoms with Crippen molar-refractivity contribution in [2.75, 3.05) is 30.3 Å². The molecule has 0 amide bonds. The Morgan fingerprint density at radius 2 is 2.33 bits per heavy atom. The van der Waals surface area contributed by atoms with Crippen LogP contribution < -0.4 is 10.6 Å². The molecule has 0 aliphatic carbocycles. The minimum Gasteiger partial charge on any atom is -0.398 e. The number of hydrogen-bond donors (Lipinski definition) is 1. The molecule has 0 spiro atoms. The van der Waals surface area contributed by atoms with E-state index in [4.69, 9.17) is 10.5 Å². The lowest BCUT2D eigenvalue weighted by atomic mass is 10.1. The zero-order chi connectivity index (χ0) is 14.8. The van der Waals surface area contributed by atoms with E-state index in [0.29, 0.717) is 6.10 Å². The van der Waals surface area contributed by atoms with Crippen LogP contribution in [0, 0.1) is 0 Å². The predicted molar refractivity (Wildman–Crippen MR) is 90.7 cm³/mol. The monoisotopic (exact) mass is 349 g/mol. The number of halogens is 1. The third-order valence-corrected chi connectivity index (χ3v) is 4.38. The number of rotatable bonds is 3. The summed E-state index contributed by atoms with van der Waals surface area (Å²) in [6.07, 6.45) is 4.42. The van der Waals surface area contributed by atoms with Gasteiger partial charge in [0.05, 0.1) is 17.3 Å². The van der Waals surface area contributed by atoms with Crippen molar-refractivity contribution in [2.24, 2.45) is 0 Å². The molecule has 1 fully saturated rings. The Bertz CT molecular complexity index is 645. The van der Waals surface area contributed by atoms with Crippen LogP contribution in [-0.2, 0) is 4.74 Å². The molecule has 1 aliphatic heterocycles. The largest absolute Gasteiger partial charge is 0.398 e. The molecule has 2 N–H and O–H groups in total. The Labute approximate surface area is 133 Å². The van der Waals surface area contributed by atoms with E-state index in [1.165, 1.54) is 0 Å². The van der Waals surface area contributed by atoms with E-state index in [2.05, 4.69) is 38.8 Å². The highest BCUT2D eigenvalue weighted by atomic mass is 79.9. The predicted octanol–water partition coefficient (Wildman–Crippen LogP) is 3.58. The summed E-state index contributed by atoms with van der Waals surface area (Å²) in [5.41, 5.74) is 8.98. The Hall–Kier alpha value is -1.33. The van der Waals surface area contributed by atoms with Crippen LogP contribution in [-0.4, -0.2) is 30.8 Å². The van der Waals surface area contributed by atoms with Crippen LogP contribution in [0.2, 0.25) is 0 Å². The molecule has 1 atom stereocenters. The van der Waals surface area contributed by atoms with Gasteiger partial charge in [0.25, 0.3) is 0 Å². The number of nitrogen functional groups attached to an aromatic ring is 1. The van der Waals surface area contributed by atoms with Gasteiger partial charge < -0.3 is 15.4 Å². The third-order valence-electron chi connectivity index (χ3n) is 3.95. The summed E-state index contributed by atoms with van der Waals surface area (Å²) < 4.78 is 6.74. The molecule has 21 heavy (non-hydrogen) atoms. The number of benzene rings is 1. The number of fused-ring (bicyclic) bond motifs is 1. The fraction of sp³-hybridized carbons (Fsp3) is 0.438. The van der Waals surface area contributed by atoms with Gasteiger partial charge in [-0.1, -0.05) is 0 Å². The summed E-state index contributed by atoms with van der Waals surface area (Å²) in [6, 6.07) is 6.08. The van der Waals surface area contributed by atoms with E-state index < -0.39 is 0 Å². The average molecular weight is 350 g/mol. The van der Waals surface area contributed by atoms with Crippen LogP contribution in [0.4, 0.5) is 11.4 Å². The maximum Gasteiger partial charge on any atom is 0.0956 e. The number of nitrogens with two attached hydrogens (primary N) is 1. The smallest absolute Gasteiger partial charge is 0.0956 e. The molecule has 2 aromatic rings. The second-order valence-electron chi connectivity index (χ2n) is 5.39. The molecule has 1 unspecified atom stereocenters. The summed E-state index contributed by atoms with van der Waals surface area (Å²) in [5.74, 6) is 0. The summed E-state index contributed by atoms with van der Waals surface area (Å²) in [4.78, 5) is 6.95. The first-order valence-corrected chi connectivity index (χ1v) is 8.18. The van der Waals surface area contributed by atoms with Crippen molar-refractivity contribution in [2.45, 2.75) is 25.9 Å². The maximum atomic E-state index is 6.09. The molecular weight excluding hydrogens is 330 g/mol. The number of nitrogens with zero attached hydrogens (tertiary/aromatic N) is 2. The number of hydrogen-bond acceptors (Lipinski definition) is 4. The summed E-state index contributed by atoms with van der Waals surface area (Å²) in [5, 5.41) is 1.00. The molecule has 2 heterocycles. The standard InChI is InChI=1S/C16H20BrN3O/c1-2-21-12-4-3-7-20(10-12)15-6-5-14(18)13-8-11(17)9-19-16(13)15/h5-6,8-9,12H,2-4,7,10,18H2,1H3. The molecule has 5 heteroatoms. The molecule has 112 valence electrons. The zero-order valence-corrected chi connectivity index (χ0v) is 13.8. The highest BCUT2D eigenvalue weighted by Crippen LogP contribution is 2.32. The van der Waals surface area contributed by atoms with E-state index in [1.54, 1.807) is 0 Å². The number of aromatic nitrogens is 1. The van der Waals surface area contributed by atoms with Crippen molar-refractivity contribution < 1.29 is 4.74 Å². The van der Waals surface area contributed by atoms with Crippen molar-refractivity contribution in [1.29, 1.82) is 0 Å². The van der Waals surface area contributed by atoms with Crippen LogP contribution in [0.1, 0.15) is 19.8 Å². The first-order valence-electron chi connectivity index (χ1n) is 7.39. The summed E-state index contributed by atoms with van der Waals surface area (Å²) >= 11 is 3.47. The van der Waals surface area contributed by atoms with Crippen molar-refractivity contribution >= 4 is 38.2 Å². The molecule has 1 aromatic carbocycles. The summed E-state index contributed by atoms with van der Waals surface area (Å²) in [7, 11) is 0. The molecule has 3 rings (SSSR count). The van der Waals surface area contributed by atoms with E-state index in [1.807, 2.05) is 18.3 Å². The van der Waals surface area contributed by atoms with Crippen LogP contribution in [0.5, 0.6) is 0 Å². The molecular formula is C16H20BrN3O. The quantitative estimate of drug-likeness (QED) is 0.860. The average Bonchev–Trinajstić information content (AvgIpc) is 2.49. The second kappa shape index (κ2) is 6.20. The number of anilines is 2. The summed E-state index contributed by atoms with van der Waals surface area (Å²) in [6.45, 7) is 4.79. The number of ether oxygens (including phenoxy) is 1. The van der Waals surface area contributed by atoms with E-state index in [9.17, 15) is 0 Å². The number of pyridine rings is 1. The van der Waals surface area contributed by atoms with E-state index in [0.717, 1.165) is 59.3 Å². The van der Waals surface area contributed by atoms with Gasteiger partial charge in [0.2, 0.25) is 0 Å². The molecule has 4 nitrogen and oxygen atoms in total. The normalized spacial score (nSPS) is 19.1. The molecule has 1 aromatic heterocycles. The minimum absolute atomic E-state index is 0.312. The van der Waals surface area contributed by atoms with Gasteiger partial charge in [-0.05, 0) is 53.9 Å². The Morgan fingerprint density at radius 3 is 3.14 bits per heavy atom. The van der Waals surface area contributed by atoms with Crippen molar-refractivity contribution in [3.8, 4) is 0 Å². The minimum atomic E-state index is 0.312. The van der Waals surface area contributed by atoms with Crippen molar-refractivity contribution in [1.82, 2.24) is 4.98 Å². The van der Waals surface area contributed by atoms with Gasteiger partial charge in [0, 0.05) is 41.4 Å². The zero-order valence-electron chi connectivity index (χ0n) is 12.2. The van der Waals surface area contributed by atoms with Gasteiger partial charge in [-0.25, -0.2) is 0 Å². The number of piperidine rings is 1. The lowest BCUT2D eigenvalue weighted by Gasteiger charge is -2.34.